The zero-order valence-corrected chi connectivity index (χ0v) is 19.7. The molecule has 1 aliphatic rings. The van der Waals surface area contributed by atoms with E-state index in [1.807, 2.05) is 24.3 Å². The summed E-state index contributed by atoms with van der Waals surface area (Å²) in [6, 6.07) is 7.30. The maximum atomic E-state index is 12.4. The van der Waals surface area contributed by atoms with Crippen molar-refractivity contribution in [1.82, 2.24) is 0 Å². The van der Waals surface area contributed by atoms with Crippen LogP contribution in [0.15, 0.2) is 24.3 Å². The van der Waals surface area contributed by atoms with Crippen molar-refractivity contribution in [1.29, 1.82) is 0 Å². The maximum absolute atomic E-state index is 12.4. The largest absolute Gasteiger partial charge is 0.493 e. The van der Waals surface area contributed by atoms with E-state index in [0.717, 1.165) is 11.1 Å². The van der Waals surface area contributed by atoms with Gasteiger partial charge in [0, 0.05) is 11.8 Å². The summed E-state index contributed by atoms with van der Waals surface area (Å²) in [7, 11) is 9.20. The monoisotopic (exact) mass is 462 g/mol. The van der Waals surface area contributed by atoms with Gasteiger partial charge in [0.15, 0.2) is 23.0 Å². The van der Waals surface area contributed by atoms with Crippen molar-refractivity contribution in [3.05, 3.63) is 35.4 Å². The van der Waals surface area contributed by atoms with Crippen LogP contribution >= 0.6 is 0 Å². The minimum absolute atomic E-state index is 0.141. The van der Waals surface area contributed by atoms with E-state index < -0.39 is 17.8 Å². The maximum Gasteiger partial charge on any atom is 0.311 e. The Kier molecular flexibility index (Phi) is 7.75. The first-order valence-electron chi connectivity index (χ1n) is 10.3. The molecule has 2 aromatic rings. The molecule has 33 heavy (non-hydrogen) atoms. The summed E-state index contributed by atoms with van der Waals surface area (Å²) < 4.78 is 38.4. The summed E-state index contributed by atoms with van der Waals surface area (Å²) in [5, 5.41) is 9.98. The highest BCUT2D eigenvalue weighted by molar-refractivity contribution is 5.75. The van der Waals surface area contributed by atoms with Crippen molar-refractivity contribution < 1.29 is 43.1 Å². The fraction of sp³-hybridized carbons (Fsp3) is 0.458. The number of esters is 1. The van der Waals surface area contributed by atoms with Gasteiger partial charge in [-0.25, -0.2) is 0 Å². The number of methoxy groups -OCH3 is 6. The second kappa shape index (κ2) is 10.5. The summed E-state index contributed by atoms with van der Waals surface area (Å²) in [5.74, 6) is 0.856. The summed E-state index contributed by atoms with van der Waals surface area (Å²) in [5.41, 5.74) is 1.56. The fourth-order valence-corrected chi connectivity index (χ4v) is 4.36. The second-order valence-corrected chi connectivity index (χ2v) is 7.48. The average molecular weight is 462 g/mol. The van der Waals surface area contributed by atoms with Crippen molar-refractivity contribution in [3.63, 3.8) is 0 Å². The molecule has 0 bridgehead atoms. The Morgan fingerprint density at radius 2 is 1.18 bits per heavy atom. The van der Waals surface area contributed by atoms with Gasteiger partial charge in [0.2, 0.25) is 11.5 Å². The number of hydrogen-bond donors (Lipinski definition) is 1. The molecule has 180 valence electrons. The van der Waals surface area contributed by atoms with E-state index in [0.29, 0.717) is 34.5 Å². The Hall–Kier alpha value is -3.33. The van der Waals surface area contributed by atoms with Crippen LogP contribution in [0.4, 0.5) is 0 Å². The molecule has 1 heterocycles. The van der Waals surface area contributed by atoms with E-state index in [4.69, 9.17) is 33.2 Å². The fourth-order valence-electron chi connectivity index (χ4n) is 4.36. The zero-order chi connectivity index (χ0) is 24.1. The van der Waals surface area contributed by atoms with Crippen molar-refractivity contribution in [2.75, 3.05) is 55.9 Å². The van der Waals surface area contributed by atoms with Crippen molar-refractivity contribution >= 4 is 5.97 Å². The van der Waals surface area contributed by atoms with E-state index >= 15 is 0 Å². The third-order valence-electron chi connectivity index (χ3n) is 5.95. The number of carbonyl (C=O) groups is 1. The molecule has 1 aliphatic heterocycles. The van der Waals surface area contributed by atoms with E-state index in [1.54, 1.807) is 0 Å². The number of cyclic esters (lactones) is 1. The lowest BCUT2D eigenvalue weighted by Crippen LogP contribution is -2.26. The first kappa shape index (κ1) is 24.3. The van der Waals surface area contributed by atoms with Crippen LogP contribution < -0.4 is 28.4 Å². The standard InChI is InChI=1S/C24H30O9/c1-27-17-7-13(8-18(28-2)22(17)31-5)21(16-12-33-24(26)15(16)11-25)14-9-19(29-3)23(32-6)20(10-14)30-4/h7-10,15-16,21,25H,11-12H2,1-6H3. The third-order valence-corrected chi connectivity index (χ3v) is 5.95. The predicted molar refractivity (Wildman–Crippen MR) is 119 cm³/mol. The molecule has 9 nitrogen and oxygen atoms in total. The quantitative estimate of drug-likeness (QED) is 0.534. The van der Waals surface area contributed by atoms with Gasteiger partial charge < -0.3 is 38.3 Å². The van der Waals surface area contributed by atoms with Gasteiger partial charge in [-0.2, -0.15) is 0 Å². The summed E-state index contributed by atoms with van der Waals surface area (Å²) in [6.07, 6.45) is 0. The second-order valence-electron chi connectivity index (χ2n) is 7.48. The van der Waals surface area contributed by atoms with Crippen LogP contribution in [0.25, 0.3) is 0 Å². The molecular formula is C24H30O9. The molecule has 0 amide bonds. The molecule has 1 saturated heterocycles. The Bertz CT molecular complexity index is 874. The lowest BCUT2D eigenvalue weighted by molar-refractivity contribution is -0.142. The Morgan fingerprint density at radius 1 is 0.788 bits per heavy atom. The topological polar surface area (TPSA) is 102 Å². The minimum Gasteiger partial charge on any atom is -0.493 e. The van der Waals surface area contributed by atoms with Crippen molar-refractivity contribution in [3.8, 4) is 34.5 Å². The molecule has 2 atom stereocenters. The first-order chi connectivity index (χ1) is 16.0. The van der Waals surface area contributed by atoms with E-state index in [2.05, 4.69) is 0 Å². The van der Waals surface area contributed by atoms with Gasteiger partial charge in [0.05, 0.1) is 61.8 Å². The SMILES string of the molecule is COc1cc(C(c2cc(OC)c(OC)c(OC)c2)C2COC(=O)C2CO)cc(OC)c1OC. The predicted octanol–water partition coefficient (Wildman–Crippen LogP) is 2.65. The summed E-state index contributed by atoms with van der Waals surface area (Å²) in [4.78, 5) is 12.4. The number of aliphatic hydroxyl groups excluding tert-OH is 1. The minimum atomic E-state index is -0.701. The normalized spacial score (nSPS) is 17.5. The van der Waals surface area contributed by atoms with Crippen LogP contribution in [0, 0.1) is 11.8 Å². The highest BCUT2D eigenvalue weighted by atomic mass is 16.5. The molecule has 3 rings (SSSR count). The number of carbonyl (C=O) groups excluding carboxylic acids is 1. The van der Waals surface area contributed by atoms with Gasteiger partial charge in [-0.1, -0.05) is 0 Å². The van der Waals surface area contributed by atoms with Crippen molar-refractivity contribution in [2.24, 2.45) is 11.8 Å². The van der Waals surface area contributed by atoms with E-state index in [9.17, 15) is 9.90 Å². The molecule has 0 spiro atoms. The summed E-state index contributed by atoms with van der Waals surface area (Å²) in [6.45, 7) is -0.198. The lowest BCUT2D eigenvalue weighted by Gasteiger charge is -2.28. The van der Waals surface area contributed by atoms with Crippen LogP contribution in [0.2, 0.25) is 0 Å². The van der Waals surface area contributed by atoms with Crippen molar-refractivity contribution in [2.45, 2.75) is 5.92 Å². The molecule has 1 N–H and O–H groups in total. The Morgan fingerprint density at radius 3 is 1.48 bits per heavy atom. The van der Waals surface area contributed by atoms with Crippen LogP contribution in [0.5, 0.6) is 34.5 Å². The van der Waals surface area contributed by atoms with Crippen LogP contribution in [0.1, 0.15) is 17.0 Å². The van der Waals surface area contributed by atoms with Gasteiger partial charge in [-0.05, 0) is 35.4 Å². The molecule has 2 unspecified atom stereocenters. The smallest absolute Gasteiger partial charge is 0.311 e. The van der Waals surface area contributed by atoms with Gasteiger partial charge in [-0.15, -0.1) is 0 Å². The zero-order valence-electron chi connectivity index (χ0n) is 19.7. The highest BCUT2D eigenvalue weighted by Gasteiger charge is 2.43. The molecule has 9 heteroatoms. The van der Waals surface area contributed by atoms with Crippen LogP contribution in [0.3, 0.4) is 0 Å². The lowest BCUT2D eigenvalue weighted by atomic mass is 9.75. The number of hydrogen-bond acceptors (Lipinski definition) is 9. The number of rotatable bonds is 10. The van der Waals surface area contributed by atoms with E-state index in [-0.39, 0.29) is 19.1 Å². The summed E-state index contributed by atoms with van der Waals surface area (Å²) >= 11 is 0. The third kappa shape index (κ3) is 4.45. The molecule has 0 aliphatic carbocycles. The molecule has 2 aromatic carbocycles. The molecule has 1 fully saturated rings. The van der Waals surface area contributed by atoms with Gasteiger partial charge in [0.25, 0.3) is 0 Å². The number of ether oxygens (including phenoxy) is 7. The van der Waals surface area contributed by atoms with Gasteiger partial charge in [-0.3, -0.25) is 4.79 Å². The Balaban J connectivity index is 2.28. The highest BCUT2D eigenvalue weighted by Crippen LogP contribution is 2.49. The molecular weight excluding hydrogens is 432 g/mol. The average Bonchev–Trinajstić information content (AvgIpc) is 3.22. The van der Waals surface area contributed by atoms with E-state index in [1.165, 1.54) is 42.7 Å². The molecule has 0 saturated carbocycles. The van der Waals surface area contributed by atoms with Gasteiger partial charge in [0.1, 0.15) is 0 Å². The van der Waals surface area contributed by atoms with Crippen LogP contribution in [-0.4, -0.2) is 66.9 Å². The number of aliphatic hydroxyl groups is 1. The first-order valence-corrected chi connectivity index (χ1v) is 10.3. The number of benzene rings is 2. The van der Waals surface area contributed by atoms with Crippen LogP contribution in [-0.2, 0) is 9.53 Å². The molecule has 0 radical (unpaired) electrons. The molecule has 0 aromatic heterocycles. The van der Waals surface area contributed by atoms with Gasteiger partial charge >= 0.3 is 5.97 Å². The Labute approximate surface area is 193 Å².